The van der Waals surface area contributed by atoms with Gasteiger partial charge in [0.25, 0.3) is 5.91 Å². The number of aliphatic hydroxyl groups is 1. The van der Waals surface area contributed by atoms with Crippen LogP contribution < -0.4 is 10.1 Å². The molecule has 1 aromatic rings. The number of hydrogen-bond acceptors (Lipinski definition) is 3. The van der Waals surface area contributed by atoms with E-state index in [4.69, 9.17) is 9.84 Å². The van der Waals surface area contributed by atoms with Crippen molar-refractivity contribution in [2.45, 2.75) is 31.7 Å². The Morgan fingerprint density at radius 2 is 2.20 bits per heavy atom. The minimum atomic E-state index is -0.221. The Hall–Kier alpha value is -1.99. The van der Waals surface area contributed by atoms with Gasteiger partial charge in [0, 0.05) is 11.6 Å². The Morgan fingerprint density at radius 1 is 1.45 bits per heavy atom. The first-order valence-corrected chi connectivity index (χ1v) is 6.83. The van der Waals surface area contributed by atoms with Crippen molar-refractivity contribution in [3.8, 4) is 17.6 Å². The van der Waals surface area contributed by atoms with E-state index in [0.717, 1.165) is 12.8 Å². The molecule has 0 bridgehead atoms. The summed E-state index contributed by atoms with van der Waals surface area (Å²) in [5.41, 5.74) is 1.18. The SMILES string of the molecule is COc1ccc(C(=O)NC2CCCC2)cc1C#CCO. The standard InChI is InChI=1S/C16H19NO3/c1-20-15-9-8-13(11-12(15)5-4-10-18)16(19)17-14-6-2-3-7-14/h8-9,11,14,18H,2-3,6-7,10H2,1H3,(H,17,19). The maximum absolute atomic E-state index is 12.2. The van der Waals surface area contributed by atoms with Crippen LogP contribution in [0.1, 0.15) is 41.6 Å². The molecule has 0 spiro atoms. The maximum Gasteiger partial charge on any atom is 0.251 e. The molecule has 0 radical (unpaired) electrons. The highest BCUT2D eigenvalue weighted by molar-refractivity contribution is 5.95. The van der Waals surface area contributed by atoms with Crippen LogP contribution in [0, 0.1) is 11.8 Å². The molecule has 1 amide bonds. The van der Waals surface area contributed by atoms with Crippen LogP contribution in [-0.4, -0.2) is 30.8 Å². The lowest BCUT2D eigenvalue weighted by atomic mass is 10.1. The van der Waals surface area contributed by atoms with Gasteiger partial charge in [-0.2, -0.15) is 0 Å². The van der Waals surface area contributed by atoms with Crippen LogP contribution in [0.15, 0.2) is 18.2 Å². The molecule has 0 saturated heterocycles. The van der Waals surface area contributed by atoms with Crippen LogP contribution in [0.4, 0.5) is 0 Å². The maximum atomic E-state index is 12.2. The average molecular weight is 273 g/mol. The molecule has 2 N–H and O–H groups in total. The third-order valence-corrected chi connectivity index (χ3v) is 3.45. The van der Waals surface area contributed by atoms with E-state index in [1.54, 1.807) is 25.3 Å². The highest BCUT2D eigenvalue weighted by atomic mass is 16.5. The van der Waals surface area contributed by atoms with E-state index in [1.165, 1.54) is 12.8 Å². The summed E-state index contributed by atoms with van der Waals surface area (Å²) in [6.45, 7) is -0.221. The van der Waals surface area contributed by atoms with Crippen LogP contribution in [0.5, 0.6) is 5.75 Å². The summed E-state index contributed by atoms with van der Waals surface area (Å²) in [6.07, 6.45) is 4.47. The summed E-state index contributed by atoms with van der Waals surface area (Å²) < 4.78 is 5.19. The van der Waals surface area contributed by atoms with E-state index in [9.17, 15) is 4.79 Å². The molecule has 1 aromatic carbocycles. The van der Waals surface area contributed by atoms with Gasteiger partial charge in [0.2, 0.25) is 0 Å². The first-order valence-electron chi connectivity index (χ1n) is 6.83. The van der Waals surface area contributed by atoms with Crippen molar-refractivity contribution in [1.82, 2.24) is 5.32 Å². The molecular weight excluding hydrogens is 254 g/mol. The number of nitrogens with one attached hydrogen (secondary N) is 1. The fourth-order valence-electron chi connectivity index (χ4n) is 2.42. The van der Waals surface area contributed by atoms with Gasteiger partial charge < -0.3 is 15.2 Å². The molecule has 2 rings (SSSR count). The minimum Gasteiger partial charge on any atom is -0.495 e. The van der Waals surface area contributed by atoms with Gasteiger partial charge in [-0.3, -0.25) is 4.79 Å². The molecule has 4 heteroatoms. The largest absolute Gasteiger partial charge is 0.495 e. The van der Waals surface area contributed by atoms with Gasteiger partial charge in [-0.15, -0.1) is 0 Å². The van der Waals surface area contributed by atoms with Crippen molar-refractivity contribution in [1.29, 1.82) is 0 Å². The highest BCUT2D eigenvalue weighted by Crippen LogP contribution is 2.21. The molecule has 0 aliphatic heterocycles. The number of hydrogen-bond donors (Lipinski definition) is 2. The van der Waals surface area contributed by atoms with E-state index >= 15 is 0 Å². The van der Waals surface area contributed by atoms with Crippen molar-refractivity contribution in [3.63, 3.8) is 0 Å². The number of methoxy groups -OCH3 is 1. The van der Waals surface area contributed by atoms with Gasteiger partial charge in [0.05, 0.1) is 12.7 Å². The molecule has 0 heterocycles. The van der Waals surface area contributed by atoms with Gasteiger partial charge >= 0.3 is 0 Å². The molecule has 0 unspecified atom stereocenters. The summed E-state index contributed by atoms with van der Waals surface area (Å²) in [7, 11) is 1.55. The molecule has 1 saturated carbocycles. The van der Waals surface area contributed by atoms with Crippen LogP contribution in [-0.2, 0) is 0 Å². The molecule has 1 fully saturated rings. The number of carbonyl (C=O) groups excluding carboxylic acids is 1. The van der Waals surface area contributed by atoms with E-state index in [-0.39, 0.29) is 18.6 Å². The van der Waals surface area contributed by atoms with E-state index in [0.29, 0.717) is 16.9 Å². The zero-order chi connectivity index (χ0) is 14.4. The van der Waals surface area contributed by atoms with E-state index in [1.807, 2.05) is 0 Å². The van der Waals surface area contributed by atoms with Gasteiger partial charge in [-0.25, -0.2) is 0 Å². The minimum absolute atomic E-state index is 0.0772. The second kappa shape index (κ2) is 6.97. The van der Waals surface area contributed by atoms with Gasteiger partial charge in [0.1, 0.15) is 12.4 Å². The normalized spacial score (nSPS) is 14.5. The Balaban J connectivity index is 2.16. The van der Waals surface area contributed by atoms with Crippen molar-refractivity contribution in [2.24, 2.45) is 0 Å². The Labute approximate surface area is 119 Å². The second-order valence-electron chi connectivity index (χ2n) is 4.83. The Bertz CT molecular complexity index is 536. The van der Waals surface area contributed by atoms with Crippen LogP contribution in [0.25, 0.3) is 0 Å². The number of ether oxygens (including phenoxy) is 1. The highest BCUT2D eigenvalue weighted by Gasteiger charge is 2.18. The number of benzene rings is 1. The van der Waals surface area contributed by atoms with Crippen molar-refractivity contribution in [3.05, 3.63) is 29.3 Å². The predicted octanol–water partition coefficient (Wildman–Crippen LogP) is 1.71. The molecular formula is C16H19NO3. The third-order valence-electron chi connectivity index (χ3n) is 3.45. The monoisotopic (exact) mass is 273 g/mol. The van der Waals surface area contributed by atoms with Gasteiger partial charge in [-0.05, 0) is 31.0 Å². The summed E-state index contributed by atoms with van der Waals surface area (Å²) in [5, 5.41) is 11.8. The molecule has 0 aromatic heterocycles. The predicted molar refractivity (Wildman–Crippen MR) is 76.7 cm³/mol. The summed E-state index contributed by atoms with van der Waals surface area (Å²) in [5.74, 6) is 5.89. The van der Waals surface area contributed by atoms with Crippen LogP contribution in [0.3, 0.4) is 0 Å². The molecule has 106 valence electrons. The first-order chi connectivity index (χ1) is 9.74. The summed E-state index contributed by atoms with van der Waals surface area (Å²) in [6, 6.07) is 5.45. The summed E-state index contributed by atoms with van der Waals surface area (Å²) >= 11 is 0. The lowest BCUT2D eigenvalue weighted by Crippen LogP contribution is -2.32. The molecule has 20 heavy (non-hydrogen) atoms. The van der Waals surface area contributed by atoms with E-state index < -0.39 is 0 Å². The number of amides is 1. The second-order valence-corrected chi connectivity index (χ2v) is 4.83. The molecule has 1 aliphatic carbocycles. The zero-order valence-corrected chi connectivity index (χ0v) is 11.6. The Morgan fingerprint density at radius 3 is 2.85 bits per heavy atom. The fraction of sp³-hybridized carbons (Fsp3) is 0.438. The number of rotatable bonds is 3. The number of aliphatic hydroxyl groups excluding tert-OH is 1. The topological polar surface area (TPSA) is 58.6 Å². The quantitative estimate of drug-likeness (QED) is 0.824. The van der Waals surface area contributed by atoms with Crippen LogP contribution in [0.2, 0.25) is 0 Å². The third kappa shape index (κ3) is 3.52. The average Bonchev–Trinajstić information content (AvgIpc) is 2.97. The Kier molecular flexibility index (Phi) is 5.03. The van der Waals surface area contributed by atoms with Crippen molar-refractivity contribution >= 4 is 5.91 Å². The van der Waals surface area contributed by atoms with Crippen molar-refractivity contribution in [2.75, 3.05) is 13.7 Å². The van der Waals surface area contributed by atoms with Crippen LogP contribution >= 0.6 is 0 Å². The fourth-order valence-corrected chi connectivity index (χ4v) is 2.42. The van der Waals surface area contributed by atoms with Crippen molar-refractivity contribution < 1.29 is 14.6 Å². The molecule has 1 aliphatic rings. The molecule has 4 nitrogen and oxygen atoms in total. The zero-order valence-electron chi connectivity index (χ0n) is 11.6. The smallest absolute Gasteiger partial charge is 0.251 e. The van der Waals surface area contributed by atoms with E-state index in [2.05, 4.69) is 17.2 Å². The lowest BCUT2D eigenvalue weighted by molar-refractivity contribution is 0.0938. The molecule has 0 atom stereocenters. The van der Waals surface area contributed by atoms with Gasteiger partial charge in [-0.1, -0.05) is 24.7 Å². The number of carbonyl (C=O) groups is 1. The summed E-state index contributed by atoms with van der Waals surface area (Å²) in [4.78, 5) is 12.2. The van der Waals surface area contributed by atoms with Gasteiger partial charge in [0.15, 0.2) is 0 Å². The lowest BCUT2D eigenvalue weighted by Gasteiger charge is -2.12. The first kappa shape index (κ1) is 14.4.